The summed E-state index contributed by atoms with van der Waals surface area (Å²) in [4.78, 5) is 2.27. The smallest absolute Gasteiger partial charge is 0.147 e. The monoisotopic (exact) mass is 376 g/mol. The van der Waals surface area contributed by atoms with Crippen LogP contribution in [0.15, 0.2) is 40.9 Å². The molecule has 0 spiro atoms. The van der Waals surface area contributed by atoms with Crippen LogP contribution in [-0.4, -0.2) is 25.1 Å². The minimum Gasteiger partial charge on any atom is -0.496 e. The van der Waals surface area contributed by atoms with Crippen molar-refractivity contribution >= 4 is 17.3 Å². The number of anilines is 1. The Morgan fingerprint density at radius 1 is 1.15 bits per heavy atom. The number of nitrogens with two attached hydrogens (primary N) is 1. The normalized spacial score (nSPS) is 18.6. The van der Waals surface area contributed by atoms with Gasteiger partial charge in [0.15, 0.2) is 0 Å². The second-order valence-corrected chi connectivity index (χ2v) is 8.29. The van der Waals surface area contributed by atoms with Gasteiger partial charge in [-0.2, -0.15) is 0 Å². The lowest BCUT2D eigenvalue weighted by Gasteiger charge is -2.36. The minimum atomic E-state index is 0.00699. The van der Waals surface area contributed by atoms with E-state index in [2.05, 4.69) is 43.2 Å². The summed E-state index contributed by atoms with van der Waals surface area (Å²) in [5.41, 5.74) is 13.3. The van der Waals surface area contributed by atoms with Gasteiger partial charge in [0, 0.05) is 19.2 Å². The molecule has 142 valence electrons. The Balaban J connectivity index is 1.87. The molecule has 26 heavy (non-hydrogen) atoms. The molecule has 6 heteroatoms. The SMILES string of the molecule is COc1cc(N2C=C(N)C(N3CCCCC3)=C(Cl)N2)ccc1C(C)(C)C. The third-order valence-electron chi connectivity index (χ3n) is 4.91. The second-order valence-electron chi connectivity index (χ2n) is 7.91. The predicted molar refractivity (Wildman–Crippen MR) is 108 cm³/mol. The molecule has 1 aromatic carbocycles. The first-order valence-corrected chi connectivity index (χ1v) is 9.56. The number of nitrogens with zero attached hydrogens (tertiary/aromatic N) is 2. The molecule has 2 aliphatic heterocycles. The molecule has 1 fully saturated rings. The van der Waals surface area contributed by atoms with E-state index in [0.717, 1.165) is 35.8 Å². The Morgan fingerprint density at radius 2 is 1.85 bits per heavy atom. The highest BCUT2D eigenvalue weighted by Gasteiger charge is 2.25. The molecular weight excluding hydrogens is 348 g/mol. The molecule has 0 aliphatic carbocycles. The van der Waals surface area contributed by atoms with Crippen LogP contribution in [0.1, 0.15) is 45.6 Å². The number of rotatable bonds is 3. The van der Waals surface area contributed by atoms with Crippen LogP contribution in [0, 0.1) is 0 Å². The molecule has 2 heterocycles. The Kier molecular flexibility index (Phi) is 5.28. The summed E-state index contributed by atoms with van der Waals surface area (Å²) in [6, 6.07) is 6.15. The Bertz CT molecular complexity index is 730. The van der Waals surface area contributed by atoms with Gasteiger partial charge in [0.25, 0.3) is 0 Å². The van der Waals surface area contributed by atoms with Crippen molar-refractivity contribution in [1.82, 2.24) is 10.3 Å². The first kappa shape index (κ1) is 18.8. The average Bonchev–Trinajstić information content (AvgIpc) is 2.60. The van der Waals surface area contributed by atoms with Crippen molar-refractivity contribution < 1.29 is 4.74 Å². The van der Waals surface area contributed by atoms with E-state index < -0.39 is 0 Å². The van der Waals surface area contributed by atoms with Crippen molar-refractivity contribution in [3.8, 4) is 5.75 Å². The molecule has 3 N–H and O–H groups in total. The van der Waals surface area contributed by atoms with Crippen LogP contribution in [-0.2, 0) is 5.41 Å². The van der Waals surface area contributed by atoms with Gasteiger partial charge in [-0.3, -0.25) is 10.4 Å². The van der Waals surface area contributed by atoms with E-state index in [0.29, 0.717) is 10.9 Å². The Hall–Kier alpha value is -2.01. The van der Waals surface area contributed by atoms with Gasteiger partial charge >= 0.3 is 0 Å². The van der Waals surface area contributed by atoms with E-state index in [1.807, 2.05) is 17.3 Å². The summed E-state index contributed by atoms with van der Waals surface area (Å²) in [6.45, 7) is 8.51. The summed E-state index contributed by atoms with van der Waals surface area (Å²) in [5, 5.41) is 2.41. The van der Waals surface area contributed by atoms with Crippen molar-refractivity contribution in [1.29, 1.82) is 0 Å². The molecule has 0 amide bonds. The van der Waals surface area contributed by atoms with Crippen molar-refractivity contribution in [3.05, 3.63) is 46.5 Å². The fraction of sp³-hybridized carbons (Fsp3) is 0.500. The van der Waals surface area contributed by atoms with Gasteiger partial charge < -0.3 is 15.4 Å². The average molecular weight is 377 g/mol. The first-order valence-electron chi connectivity index (χ1n) is 9.18. The van der Waals surface area contributed by atoms with E-state index in [-0.39, 0.29) is 5.41 Å². The Morgan fingerprint density at radius 3 is 2.42 bits per heavy atom. The maximum atomic E-state index is 6.57. The zero-order valence-electron chi connectivity index (χ0n) is 16.1. The number of benzene rings is 1. The number of hydrogen-bond acceptors (Lipinski definition) is 5. The molecule has 0 aromatic heterocycles. The zero-order valence-corrected chi connectivity index (χ0v) is 16.9. The van der Waals surface area contributed by atoms with Crippen LogP contribution >= 0.6 is 11.6 Å². The number of hydrazine groups is 1. The van der Waals surface area contributed by atoms with Gasteiger partial charge in [-0.25, -0.2) is 0 Å². The molecule has 5 nitrogen and oxygen atoms in total. The molecule has 0 radical (unpaired) electrons. The topological polar surface area (TPSA) is 53.8 Å². The van der Waals surface area contributed by atoms with E-state index >= 15 is 0 Å². The number of methoxy groups -OCH3 is 1. The highest BCUT2D eigenvalue weighted by molar-refractivity contribution is 6.30. The Labute approximate surface area is 161 Å². The number of likely N-dealkylation sites (tertiary alicyclic amines) is 1. The van der Waals surface area contributed by atoms with Gasteiger partial charge in [0.1, 0.15) is 10.9 Å². The third-order valence-corrected chi connectivity index (χ3v) is 5.18. The standard InChI is InChI=1S/C20H29ClN4O/c1-20(2,3)15-9-8-14(12-17(15)26-4)25-13-16(22)18(19(21)23-25)24-10-6-5-7-11-24/h8-9,12-13,23H,5-7,10-11,22H2,1-4H3. The zero-order chi connectivity index (χ0) is 18.9. The molecule has 1 saturated heterocycles. The van der Waals surface area contributed by atoms with Crippen molar-refractivity contribution in [2.75, 3.05) is 25.2 Å². The minimum absolute atomic E-state index is 0.00699. The number of piperidine rings is 1. The van der Waals surface area contributed by atoms with Crippen molar-refractivity contribution in [3.63, 3.8) is 0 Å². The van der Waals surface area contributed by atoms with Crippen LogP contribution in [0.25, 0.3) is 0 Å². The number of hydrogen-bond donors (Lipinski definition) is 2. The van der Waals surface area contributed by atoms with Gasteiger partial charge in [-0.15, -0.1) is 0 Å². The van der Waals surface area contributed by atoms with Gasteiger partial charge in [0.2, 0.25) is 0 Å². The summed E-state index contributed by atoms with van der Waals surface area (Å²) in [5.74, 6) is 0.853. The fourth-order valence-electron chi connectivity index (χ4n) is 3.55. The molecule has 1 aromatic rings. The van der Waals surface area contributed by atoms with Crippen molar-refractivity contribution in [2.45, 2.75) is 45.4 Å². The maximum absolute atomic E-state index is 6.57. The van der Waals surface area contributed by atoms with E-state index in [1.165, 1.54) is 19.3 Å². The first-order chi connectivity index (χ1) is 12.3. The van der Waals surface area contributed by atoms with E-state index in [1.54, 1.807) is 7.11 Å². The van der Waals surface area contributed by atoms with E-state index in [9.17, 15) is 0 Å². The number of ether oxygens (including phenoxy) is 1. The molecule has 0 unspecified atom stereocenters. The second kappa shape index (κ2) is 7.31. The molecule has 0 bridgehead atoms. The van der Waals surface area contributed by atoms with Crippen LogP contribution in [0.2, 0.25) is 0 Å². The van der Waals surface area contributed by atoms with Gasteiger partial charge in [-0.1, -0.05) is 38.4 Å². The highest BCUT2D eigenvalue weighted by Crippen LogP contribution is 2.35. The molecular formula is C20H29ClN4O. The summed E-state index contributed by atoms with van der Waals surface area (Å²) < 4.78 is 5.61. The summed E-state index contributed by atoms with van der Waals surface area (Å²) >= 11 is 6.57. The molecule has 0 atom stereocenters. The summed E-state index contributed by atoms with van der Waals surface area (Å²) in [6.07, 6.45) is 5.51. The third kappa shape index (κ3) is 3.73. The van der Waals surface area contributed by atoms with Crippen LogP contribution in [0.4, 0.5) is 5.69 Å². The summed E-state index contributed by atoms with van der Waals surface area (Å²) in [7, 11) is 1.70. The largest absolute Gasteiger partial charge is 0.496 e. The lowest BCUT2D eigenvalue weighted by molar-refractivity contribution is 0.285. The van der Waals surface area contributed by atoms with E-state index in [4.69, 9.17) is 22.1 Å². The lowest BCUT2D eigenvalue weighted by Crippen LogP contribution is -2.42. The van der Waals surface area contributed by atoms with Gasteiger partial charge in [0.05, 0.1) is 30.4 Å². The number of halogens is 1. The molecule has 3 rings (SSSR count). The van der Waals surface area contributed by atoms with Crippen LogP contribution < -0.4 is 20.9 Å². The highest BCUT2D eigenvalue weighted by atomic mass is 35.5. The lowest BCUT2D eigenvalue weighted by atomic mass is 9.86. The van der Waals surface area contributed by atoms with Crippen LogP contribution in [0.3, 0.4) is 0 Å². The fourth-order valence-corrected chi connectivity index (χ4v) is 3.86. The van der Waals surface area contributed by atoms with Crippen LogP contribution in [0.5, 0.6) is 5.75 Å². The molecule has 2 aliphatic rings. The number of nitrogens with one attached hydrogen (secondary N) is 1. The van der Waals surface area contributed by atoms with Crippen molar-refractivity contribution in [2.24, 2.45) is 5.73 Å². The predicted octanol–water partition coefficient (Wildman–Crippen LogP) is 4.01. The quantitative estimate of drug-likeness (QED) is 0.780. The maximum Gasteiger partial charge on any atom is 0.147 e. The molecule has 0 saturated carbocycles. The van der Waals surface area contributed by atoms with Gasteiger partial charge in [-0.05, 0) is 36.3 Å².